The molecule has 4 aliphatic carbocycles. The van der Waals surface area contributed by atoms with Crippen molar-refractivity contribution in [1.82, 2.24) is 0 Å². The summed E-state index contributed by atoms with van der Waals surface area (Å²) in [4.78, 5) is 43.5. The second-order valence-corrected chi connectivity index (χ2v) is 11.4. The lowest BCUT2D eigenvalue weighted by Gasteiger charge is -2.66. The second-order valence-electron chi connectivity index (χ2n) is 11.4. The monoisotopic (exact) mass is 496 g/mol. The summed E-state index contributed by atoms with van der Waals surface area (Å²) in [7, 11) is 0. The highest BCUT2D eigenvalue weighted by atomic mass is 17.0. The normalized spacial score (nSPS) is 46.5. The predicted octanol–water partition coefficient (Wildman–Crippen LogP) is 2.12. The topological polar surface area (TPSA) is 171 Å². The number of carbonyl (C=O) groups is 1. The molecule has 12 heteroatoms. The fourth-order valence-electron chi connectivity index (χ4n) is 8.85. The van der Waals surface area contributed by atoms with Gasteiger partial charge in [-0.3, -0.25) is 0 Å². The van der Waals surface area contributed by atoms with Crippen LogP contribution in [-0.2, 0) is 19.2 Å². The van der Waals surface area contributed by atoms with Crippen molar-refractivity contribution >= 4 is 5.97 Å². The van der Waals surface area contributed by atoms with Crippen LogP contribution in [0.5, 0.6) is 0 Å². The largest absolute Gasteiger partial charge is 0.458 e. The quantitative estimate of drug-likeness (QED) is 0.315. The van der Waals surface area contributed by atoms with Gasteiger partial charge in [-0.25, -0.2) is 4.79 Å². The van der Waals surface area contributed by atoms with E-state index in [4.69, 9.17) is 14.4 Å². The fraction of sp³-hybridized carbons (Fsp3) is 0.870. The maximum absolute atomic E-state index is 12.3. The molecule has 0 spiro atoms. The Kier molecular flexibility index (Phi) is 5.55. The van der Waals surface area contributed by atoms with E-state index in [1.54, 1.807) is 0 Å². The molecule has 2 N–H and O–H groups in total. The summed E-state index contributed by atoms with van der Waals surface area (Å²) in [6.45, 7) is 1.97. The maximum atomic E-state index is 12.3. The molecule has 0 aromatic rings. The highest BCUT2D eigenvalue weighted by Crippen LogP contribution is 2.70. The van der Waals surface area contributed by atoms with E-state index in [0.717, 1.165) is 5.57 Å². The van der Waals surface area contributed by atoms with E-state index < -0.39 is 38.3 Å². The van der Waals surface area contributed by atoms with Gasteiger partial charge in [-0.2, -0.15) is 0 Å². The molecule has 194 valence electrons. The highest BCUT2D eigenvalue weighted by molar-refractivity contribution is 5.85. The van der Waals surface area contributed by atoms with E-state index in [-0.39, 0.29) is 62.6 Å². The molecule has 12 nitrogen and oxygen atoms in total. The first-order valence-electron chi connectivity index (χ1n) is 12.3. The van der Waals surface area contributed by atoms with Crippen LogP contribution in [-0.4, -0.2) is 56.9 Å². The van der Waals surface area contributed by atoms with Gasteiger partial charge in [0.2, 0.25) is 0 Å². The summed E-state index contributed by atoms with van der Waals surface area (Å²) in [5.74, 6) is -0.852. The minimum absolute atomic E-state index is 0.00378. The van der Waals surface area contributed by atoms with Gasteiger partial charge >= 0.3 is 5.97 Å². The Morgan fingerprint density at radius 2 is 1.80 bits per heavy atom. The van der Waals surface area contributed by atoms with E-state index in [2.05, 4.69) is 6.92 Å². The van der Waals surface area contributed by atoms with Crippen molar-refractivity contribution in [2.45, 2.75) is 82.0 Å². The number of esters is 1. The van der Waals surface area contributed by atoms with Gasteiger partial charge in [-0.15, -0.1) is 20.2 Å². The molecule has 5 unspecified atom stereocenters. The molecular formula is C23H32N2O10. The summed E-state index contributed by atoms with van der Waals surface area (Å²) in [6.07, 6.45) is 4.45. The number of hydrogen-bond donors (Lipinski definition) is 2. The van der Waals surface area contributed by atoms with E-state index in [1.165, 1.54) is 6.08 Å². The van der Waals surface area contributed by atoms with Crippen LogP contribution < -0.4 is 0 Å². The first kappa shape index (κ1) is 24.2. The Morgan fingerprint density at radius 1 is 1.06 bits per heavy atom. The van der Waals surface area contributed by atoms with Crippen molar-refractivity contribution in [1.29, 1.82) is 0 Å². The molecular weight excluding hydrogens is 464 g/mol. The molecule has 0 radical (unpaired) electrons. The van der Waals surface area contributed by atoms with Crippen molar-refractivity contribution in [3.63, 3.8) is 0 Å². The molecule has 4 fully saturated rings. The number of nitrogens with zero attached hydrogens (tertiary/aromatic N) is 2. The Labute approximate surface area is 201 Å². The summed E-state index contributed by atoms with van der Waals surface area (Å²) >= 11 is 0. The number of cyclic esters (lactones) is 1. The Balaban J connectivity index is 1.48. The summed E-state index contributed by atoms with van der Waals surface area (Å²) in [5, 5.41) is 44.5. The number of fused-ring (bicyclic) bond motifs is 5. The third-order valence-corrected chi connectivity index (χ3v) is 10.4. The SMILES string of the molecule is CC12CC[C@H]3C(CCC4(O)CC(O[N+](=O)[O-])CC[C@]34CO[N+](=O)[O-])C1(O)CC[C@H]2C1=CC(=O)OC1. The van der Waals surface area contributed by atoms with Gasteiger partial charge in [-0.1, -0.05) is 6.92 Å². The van der Waals surface area contributed by atoms with Crippen LogP contribution in [0.25, 0.3) is 0 Å². The average molecular weight is 497 g/mol. The zero-order chi connectivity index (χ0) is 25.2. The summed E-state index contributed by atoms with van der Waals surface area (Å²) < 4.78 is 5.15. The molecule has 1 heterocycles. The molecule has 5 aliphatic rings. The molecule has 0 bridgehead atoms. The lowest BCUT2D eigenvalue weighted by Crippen LogP contribution is -2.69. The van der Waals surface area contributed by atoms with Crippen molar-refractivity contribution in [2.24, 2.45) is 28.6 Å². The highest BCUT2D eigenvalue weighted by Gasteiger charge is 2.71. The first-order chi connectivity index (χ1) is 16.4. The smallest absolute Gasteiger partial charge is 0.331 e. The molecule has 5 rings (SSSR count). The van der Waals surface area contributed by atoms with Gasteiger partial charge in [0.05, 0.1) is 11.2 Å². The lowest BCUT2D eigenvalue weighted by molar-refractivity contribution is -0.772. The molecule has 8 atom stereocenters. The van der Waals surface area contributed by atoms with Gasteiger partial charge in [0.15, 0.2) is 0 Å². The maximum Gasteiger partial charge on any atom is 0.331 e. The van der Waals surface area contributed by atoms with Crippen LogP contribution in [0.3, 0.4) is 0 Å². The number of rotatable bonds is 6. The standard InChI is InChI=1S/C23H32N2O10/c1-20-6-3-17-18(23(20,28)9-5-16(20)14-10-19(26)33-12-14)4-8-22(27)11-15(35-25(31)32)2-7-21(17,22)13-34-24(29)30/h10,15-18,27-28H,2-9,11-13H2,1H3/t15?,16-,17-,18?,20?,21-,22?,23?/m0/s1. The molecule has 1 aliphatic heterocycles. The number of aliphatic hydroxyl groups is 2. The first-order valence-corrected chi connectivity index (χ1v) is 12.3. The van der Waals surface area contributed by atoms with Gasteiger partial charge in [-0.05, 0) is 74.7 Å². The summed E-state index contributed by atoms with van der Waals surface area (Å²) in [6, 6.07) is 0. The predicted molar refractivity (Wildman–Crippen MR) is 116 cm³/mol. The van der Waals surface area contributed by atoms with E-state index in [0.29, 0.717) is 32.1 Å². The molecule has 0 aromatic heterocycles. The van der Waals surface area contributed by atoms with Gasteiger partial charge in [0.25, 0.3) is 10.2 Å². The van der Waals surface area contributed by atoms with Crippen LogP contribution in [0.1, 0.15) is 64.7 Å². The van der Waals surface area contributed by atoms with Crippen molar-refractivity contribution in [2.75, 3.05) is 13.2 Å². The van der Waals surface area contributed by atoms with E-state index in [9.17, 15) is 35.2 Å². The molecule has 4 saturated carbocycles. The number of hydrogen-bond acceptors (Lipinski definition) is 10. The molecule has 0 amide bonds. The summed E-state index contributed by atoms with van der Waals surface area (Å²) in [5.41, 5.74) is -3.15. The van der Waals surface area contributed by atoms with Gasteiger partial charge in [0, 0.05) is 23.3 Å². The van der Waals surface area contributed by atoms with Crippen molar-refractivity contribution < 1.29 is 39.6 Å². The minimum atomic E-state index is -1.44. The average Bonchev–Trinajstić information content (AvgIpc) is 3.31. The van der Waals surface area contributed by atoms with Crippen LogP contribution in [0.15, 0.2) is 11.6 Å². The minimum Gasteiger partial charge on any atom is -0.458 e. The van der Waals surface area contributed by atoms with E-state index in [1.807, 2.05) is 0 Å². The second kappa shape index (κ2) is 8.02. The number of ether oxygens (including phenoxy) is 1. The van der Waals surface area contributed by atoms with Crippen LogP contribution in [0.4, 0.5) is 0 Å². The fourth-order valence-corrected chi connectivity index (χ4v) is 8.85. The van der Waals surface area contributed by atoms with Crippen molar-refractivity contribution in [3.8, 4) is 0 Å². The molecule has 0 saturated heterocycles. The van der Waals surface area contributed by atoms with Crippen LogP contribution >= 0.6 is 0 Å². The Bertz CT molecular complexity index is 972. The lowest BCUT2D eigenvalue weighted by atomic mass is 9.41. The molecule has 35 heavy (non-hydrogen) atoms. The zero-order valence-electron chi connectivity index (χ0n) is 19.7. The van der Waals surface area contributed by atoms with Crippen LogP contribution in [0, 0.1) is 48.8 Å². The Morgan fingerprint density at radius 3 is 2.46 bits per heavy atom. The Hall–Kier alpha value is -2.47. The number of carbonyl (C=O) groups excluding carboxylic acids is 1. The molecule has 0 aromatic carbocycles. The third kappa shape index (κ3) is 3.43. The third-order valence-electron chi connectivity index (χ3n) is 10.4. The van der Waals surface area contributed by atoms with E-state index >= 15 is 0 Å². The zero-order valence-corrected chi connectivity index (χ0v) is 19.7. The van der Waals surface area contributed by atoms with Crippen molar-refractivity contribution in [3.05, 3.63) is 31.9 Å². The van der Waals surface area contributed by atoms with Gasteiger partial charge < -0.3 is 24.6 Å². The van der Waals surface area contributed by atoms with Gasteiger partial charge in [0.1, 0.15) is 19.3 Å². The van der Waals surface area contributed by atoms with Crippen LogP contribution in [0.2, 0.25) is 0 Å².